The number of hydrogen-bond donors (Lipinski definition) is 2. The number of ether oxygens (including phenoxy) is 1. The van der Waals surface area contributed by atoms with Gasteiger partial charge in [-0.1, -0.05) is 18.2 Å². The van der Waals surface area contributed by atoms with Crippen molar-refractivity contribution >= 4 is 0 Å². The molecule has 1 aromatic rings. The summed E-state index contributed by atoms with van der Waals surface area (Å²) in [6.45, 7) is 4.33. The number of aryl methyl sites for hydroxylation is 2. The fourth-order valence-corrected chi connectivity index (χ4v) is 3.62. The molecule has 0 aliphatic carbocycles. The number of hydrogen-bond acceptors (Lipinski definition) is 3. The Labute approximate surface area is 115 Å². The summed E-state index contributed by atoms with van der Waals surface area (Å²) in [5.41, 5.74) is 7.11. The molecular weight excluding hydrogens is 236 g/mol. The summed E-state index contributed by atoms with van der Waals surface area (Å²) in [6, 6.07) is 7.04. The van der Waals surface area contributed by atoms with Crippen LogP contribution in [0.25, 0.3) is 0 Å². The summed E-state index contributed by atoms with van der Waals surface area (Å²) in [6.07, 6.45) is 5.53. The van der Waals surface area contributed by atoms with Gasteiger partial charge in [0.2, 0.25) is 0 Å². The fourth-order valence-electron chi connectivity index (χ4n) is 3.62. The molecule has 3 N–H and O–H groups in total. The van der Waals surface area contributed by atoms with E-state index >= 15 is 0 Å². The normalized spacial score (nSPS) is 30.8. The van der Waals surface area contributed by atoms with Gasteiger partial charge in [-0.15, -0.1) is 0 Å². The van der Waals surface area contributed by atoms with Crippen molar-refractivity contribution in [3.63, 3.8) is 0 Å². The van der Waals surface area contributed by atoms with Gasteiger partial charge in [-0.25, -0.2) is 0 Å². The van der Waals surface area contributed by atoms with Gasteiger partial charge in [0.15, 0.2) is 0 Å². The Morgan fingerprint density at radius 3 is 2.74 bits per heavy atom. The molecule has 2 aliphatic heterocycles. The van der Waals surface area contributed by atoms with E-state index in [1.807, 2.05) is 0 Å². The number of benzene rings is 1. The third-order valence-corrected chi connectivity index (χ3v) is 4.91. The molecule has 0 spiro atoms. The van der Waals surface area contributed by atoms with Crippen LogP contribution in [0.15, 0.2) is 18.2 Å². The van der Waals surface area contributed by atoms with Gasteiger partial charge in [0.05, 0.1) is 12.2 Å². The summed E-state index contributed by atoms with van der Waals surface area (Å²) in [7, 11) is 0. The number of hydrazine groups is 1. The molecule has 1 aromatic carbocycles. The molecule has 0 amide bonds. The second-order valence-electron chi connectivity index (χ2n) is 6.17. The van der Waals surface area contributed by atoms with Gasteiger partial charge in [-0.05, 0) is 56.2 Å². The van der Waals surface area contributed by atoms with Crippen LogP contribution in [0.3, 0.4) is 0 Å². The largest absolute Gasteiger partial charge is 0.375 e. The Bertz CT molecular complexity index is 460. The highest BCUT2D eigenvalue weighted by atomic mass is 16.5. The number of fused-ring (bicyclic) bond motifs is 2. The molecule has 2 saturated heterocycles. The van der Waals surface area contributed by atoms with E-state index in [4.69, 9.17) is 10.6 Å². The average Bonchev–Trinajstić information content (AvgIpc) is 3.02. The van der Waals surface area contributed by atoms with Crippen LogP contribution in [0.1, 0.15) is 36.0 Å². The third-order valence-electron chi connectivity index (χ3n) is 4.91. The molecule has 0 aromatic heterocycles. The van der Waals surface area contributed by atoms with E-state index in [0.717, 1.165) is 6.42 Å². The first kappa shape index (κ1) is 13.1. The lowest BCUT2D eigenvalue weighted by Crippen LogP contribution is -2.45. The lowest BCUT2D eigenvalue weighted by molar-refractivity contribution is 0.0857. The van der Waals surface area contributed by atoms with Crippen LogP contribution in [-0.4, -0.2) is 18.2 Å². The summed E-state index contributed by atoms with van der Waals surface area (Å²) in [4.78, 5) is 0. The maximum Gasteiger partial charge on any atom is 0.0624 e. The fraction of sp³-hybridized carbons (Fsp3) is 0.625. The molecule has 2 bridgehead atoms. The van der Waals surface area contributed by atoms with E-state index in [1.54, 1.807) is 0 Å². The van der Waals surface area contributed by atoms with Crippen molar-refractivity contribution in [1.29, 1.82) is 0 Å². The van der Waals surface area contributed by atoms with Crippen LogP contribution in [0.5, 0.6) is 0 Å². The van der Waals surface area contributed by atoms with Crippen molar-refractivity contribution in [2.24, 2.45) is 11.8 Å². The monoisotopic (exact) mass is 260 g/mol. The minimum absolute atomic E-state index is 0.331. The average molecular weight is 260 g/mol. The van der Waals surface area contributed by atoms with Crippen molar-refractivity contribution < 1.29 is 4.74 Å². The van der Waals surface area contributed by atoms with Gasteiger partial charge in [-0.2, -0.15) is 0 Å². The molecule has 4 unspecified atom stereocenters. The van der Waals surface area contributed by atoms with E-state index in [-0.39, 0.29) is 0 Å². The van der Waals surface area contributed by atoms with Crippen molar-refractivity contribution in [2.75, 3.05) is 0 Å². The summed E-state index contributed by atoms with van der Waals surface area (Å²) >= 11 is 0. The minimum atomic E-state index is 0.331. The highest BCUT2D eigenvalue weighted by Gasteiger charge is 2.43. The van der Waals surface area contributed by atoms with E-state index in [9.17, 15) is 0 Å². The molecule has 2 fully saturated rings. The molecule has 0 radical (unpaired) electrons. The Morgan fingerprint density at radius 1 is 1.32 bits per heavy atom. The lowest BCUT2D eigenvalue weighted by atomic mass is 9.81. The summed E-state index contributed by atoms with van der Waals surface area (Å²) in [5.74, 6) is 6.37. The quantitative estimate of drug-likeness (QED) is 0.645. The van der Waals surface area contributed by atoms with Crippen molar-refractivity contribution in [3.8, 4) is 0 Å². The van der Waals surface area contributed by atoms with Crippen LogP contribution in [0.4, 0.5) is 0 Å². The highest BCUT2D eigenvalue weighted by Crippen LogP contribution is 2.40. The van der Waals surface area contributed by atoms with Crippen molar-refractivity contribution in [3.05, 3.63) is 34.9 Å². The van der Waals surface area contributed by atoms with Crippen LogP contribution >= 0.6 is 0 Å². The second-order valence-corrected chi connectivity index (χ2v) is 6.17. The minimum Gasteiger partial charge on any atom is -0.375 e. The van der Waals surface area contributed by atoms with E-state index in [2.05, 4.69) is 37.5 Å². The molecule has 2 aliphatic rings. The van der Waals surface area contributed by atoms with Gasteiger partial charge >= 0.3 is 0 Å². The number of rotatable bonds is 4. The Hall–Kier alpha value is -0.900. The lowest BCUT2D eigenvalue weighted by Gasteiger charge is -2.28. The molecule has 3 heteroatoms. The van der Waals surface area contributed by atoms with E-state index in [0.29, 0.717) is 24.2 Å². The van der Waals surface area contributed by atoms with Crippen LogP contribution < -0.4 is 11.3 Å². The predicted molar refractivity (Wildman–Crippen MR) is 76.7 cm³/mol. The molecule has 104 valence electrons. The first-order valence-corrected chi connectivity index (χ1v) is 7.35. The molecule has 2 heterocycles. The molecule has 19 heavy (non-hydrogen) atoms. The standard InChI is InChI=1S/C16H24N2O/c1-10-3-4-12(7-11(10)2)8-15(18-17)14-9-13-5-6-16(14)19-13/h3-4,7,13-16,18H,5-6,8-9,17H2,1-2H3. The molecule has 4 atom stereocenters. The van der Waals surface area contributed by atoms with Crippen LogP contribution in [0, 0.1) is 19.8 Å². The number of nitrogens with one attached hydrogen (secondary N) is 1. The molecular formula is C16H24N2O. The first-order chi connectivity index (χ1) is 9.17. The van der Waals surface area contributed by atoms with Crippen LogP contribution in [0.2, 0.25) is 0 Å². The second kappa shape index (κ2) is 5.23. The highest BCUT2D eigenvalue weighted by molar-refractivity contribution is 5.30. The van der Waals surface area contributed by atoms with Gasteiger partial charge in [0, 0.05) is 12.0 Å². The zero-order chi connectivity index (χ0) is 13.4. The van der Waals surface area contributed by atoms with Crippen molar-refractivity contribution in [2.45, 2.75) is 57.8 Å². The van der Waals surface area contributed by atoms with Gasteiger partial charge < -0.3 is 4.74 Å². The molecule has 3 nitrogen and oxygen atoms in total. The zero-order valence-corrected chi connectivity index (χ0v) is 11.9. The zero-order valence-electron chi connectivity index (χ0n) is 11.9. The topological polar surface area (TPSA) is 47.3 Å². The van der Waals surface area contributed by atoms with E-state index in [1.165, 1.54) is 36.0 Å². The first-order valence-electron chi connectivity index (χ1n) is 7.35. The Kier molecular flexibility index (Phi) is 3.61. The smallest absolute Gasteiger partial charge is 0.0624 e. The summed E-state index contributed by atoms with van der Waals surface area (Å²) < 4.78 is 5.95. The predicted octanol–water partition coefficient (Wildman–Crippen LogP) is 2.25. The van der Waals surface area contributed by atoms with Gasteiger partial charge in [-0.3, -0.25) is 11.3 Å². The Balaban J connectivity index is 1.71. The summed E-state index contributed by atoms with van der Waals surface area (Å²) in [5, 5.41) is 0. The third kappa shape index (κ3) is 2.55. The van der Waals surface area contributed by atoms with E-state index < -0.39 is 0 Å². The number of nitrogens with two attached hydrogens (primary N) is 1. The SMILES string of the molecule is Cc1ccc(CC(NN)C2CC3CCC2O3)cc1C. The maximum atomic E-state index is 5.95. The van der Waals surface area contributed by atoms with Gasteiger partial charge in [0.1, 0.15) is 0 Å². The maximum absolute atomic E-state index is 5.95. The van der Waals surface area contributed by atoms with Crippen molar-refractivity contribution in [1.82, 2.24) is 5.43 Å². The van der Waals surface area contributed by atoms with Crippen LogP contribution in [-0.2, 0) is 11.2 Å². The Morgan fingerprint density at radius 2 is 2.16 bits per heavy atom. The molecule has 3 rings (SSSR count). The molecule has 0 saturated carbocycles. The van der Waals surface area contributed by atoms with Gasteiger partial charge in [0.25, 0.3) is 0 Å².